The number of rotatable bonds is 4. The normalized spacial score (nSPS) is 12.0. The van der Waals surface area contributed by atoms with E-state index in [2.05, 4.69) is 4.99 Å². The first-order valence-corrected chi connectivity index (χ1v) is 6.49. The van der Waals surface area contributed by atoms with Gasteiger partial charge in [-0.25, -0.2) is 4.99 Å². The van der Waals surface area contributed by atoms with E-state index in [1.807, 2.05) is 56.2 Å². The number of hydrogen-bond donors (Lipinski definition) is 0. The van der Waals surface area contributed by atoms with Crippen molar-refractivity contribution in [3.05, 3.63) is 18.2 Å². The van der Waals surface area contributed by atoms with Crippen molar-refractivity contribution in [2.45, 2.75) is 0 Å². The molecule has 0 spiro atoms. The Balaban J connectivity index is 1.85. The summed E-state index contributed by atoms with van der Waals surface area (Å²) in [5.74, 6) is 3.17. The molecule has 0 aliphatic carbocycles. The molecule has 0 aromatic heterocycles. The van der Waals surface area contributed by atoms with Crippen LogP contribution in [0.4, 0.5) is 0 Å². The van der Waals surface area contributed by atoms with Crippen LogP contribution in [0.1, 0.15) is 0 Å². The fraction of sp³-hybridized carbons (Fsp3) is 0.500. The Morgan fingerprint density at radius 2 is 1.85 bits per heavy atom. The Morgan fingerprint density at radius 3 is 2.55 bits per heavy atom. The first-order chi connectivity index (χ1) is 9.58. The summed E-state index contributed by atoms with van der Waals surface area (Å²) in [6.45, 7) is 1.39. The largest absolute Gasteiger partial charge is 0.492 e. The monoisotopic (exact) mass is 279 g/mol. The maximum atomic E-state index is 5.66. The number of aliphatic imine (C=N–C) groups is 1. The van der Waals surface area contributed by atoms with Crippen molar-refractivity contribution in [3.63, 3.8) is 0 Å². The molecule has 0 N–H and O–H groups in total. The molecule has 2 rings (SSSR count). The van der Waals surface area contributed by atoms with E-state index in [-0.39, 0.29) is 6.79 Å². The Labute approximate surface area is 119 Å². The number of nitrogens with zero attached hydrogens (tertiary/aromatic N) is 3. The van der Waals surface area contributed by atoms with Gasteiger partial charge in [0.2, 0.25) is 6.79 Å². The molecule has 0 unspecified atom stereocenters. The summed E-state index contributed by atoms with van der Waals surface area (Å²) in [5, 5.41) is 0. The first kappa shape index (κ1) is 14.3. The third kappa shape index (κ3) is 3.46. The van der Waals surface area contributed by atoms with Crippen LogP contribution in [-0.4, -0.2) is 63.9 Å². The van der Waals surface area contributed by atoms with Crippen molar-refractivity contribution < 1.29 is 14.2 Å². The molecule has 1 heterocycles. The molecule has 0 bridgehead atoms. The van der Waals surface area contributed by atoms with Gasteiger partial charge in [-0.3, -0.25) is 0 Å². The van der Waals surface area contributed by atoms with Crippen LogP contribution >= 0.6 is 0 Å². The van der Waals surface area contributed by atoms with Crippen LogP contribution < -0.4 is 14.2 Å². The lowest BCUT2D eigenvalue weighted by atomic mass is 10.3. The van der Waals surface area contributed by atoms with Gasteiger partial charge in [0.05, 0.1) is 6.54 Å². The molecule has 0 saturated heterocycles. The van der Waals surface area contributed by atoms with Crippen LogP contribution in [0, 0.1) is 0 Å². The second-order valence-electron chi connectivity index (χ2n) is 4.83. The van der Waals surface area contributed by atoms with Gasteiger partial charge < -0.3 is 24.0 Å². The third-order valence-electron chi connectivity index (χ3n) is 2.76. The summed E-state index contributed by atoms with van der Waals surface area (Å²) < 4.78 is 16.2. The van der Waals surface area contributed by atoms with Gasteiger partial charge in [0.1, 0.15) is 12.4 Å². The highest BCUT2D eigenvalue weighted by Gasteiger charge is 2.13. The fourth-order valence-electron chi connectivity index (χ4n) is 1.96. The third-order valence-corrected chi connectivity index (χ3v) is 2.76. The zero-order chi connectivity index (χ0) is 14.5. The van der Waals surface area contributed by atoms with E-state index in [4.69, 9.17) is 14.2 Å². The zero-order valence-electron chi connectivity index (χ0n) is 12.4. The van der Waals surface area contributed by atoms with Crippen LogP contribution in [0.15, 0.2) is 23.2 Å². The van der Waals surface area contributed by atoms with Crippen molar-refractivity contribution in [2.75, 3.05) is 48.1 Å². The van der Waals surface area contributed by atoms with Crippen LogP contribution in [0.25, 0.3) is 0 Å². The molecular formula is C14H21N3O3. The molecule has 20 heavy (non-hydrogen) atoms. The first-order valence-electron chi connectivity index (χ1n) is 6.49. The highest BCUT2D eigenvalue weighted by Crippen LogP contribution is 2.34. The standard InChI is InChI=1S/C14H21N3O3/c1-16(2)14(17(3)4)15-7-8-18-11-5-6-12-13(9-11)20-10-19-12/h5-6,9H,7-8,10H2,1-4H3. The zero-order valence-corrected chi connectivity index (χ0v) is 12.4. The van der Waals surface area contributed by atoms with Crippen LogP contribution in [0.5, 0.6) is 17.2 Å². The summed E-state index contributed by atoms with van der Waals surface area (Å²) in [6, 6.07) is 5.56. The lowest BCUT2D eigenvalue weighted by Gasteiger charge is -2.22. The lowest BCUT2D eigenvalue weighted by Crippen LogP contribution is -2.35. The maximum Gasteiger partial charge on any atom is 0.231 e. The van der Waals surface area contributed by atoms with Gasteiger partial charge >= 0.3 is 0 Å². The van der Waals surface area contributed by atoms with Crippen molar-refractivity contribution in [3.8, 4) is 17.2 Å². The summed E-state index contributed by atoms with van der Waals surface area (Å²) in [4.78, 5) is 8.44. The van der Waals surface area contributed by atoms with Gasteiger partial charge in [-0.15, -0.1) is 0 Å². The second kappa shape index (κ2) is 6.36. The molecule has 1 aliphatic heterocycles. The molecule has 0 atom stereocenters. The minimum atomic E-state index is 0.276. The molecule has 110 valence electrons. The second-order valence-corrected chi connectivity index (χ2v) is 4.83. The van der Waals surface area contributed by atoms with Crippen molar-refractivity contribution in [1.82, 2.24) is 9.80 Å². The van der Waals surface area contributed by atoms with Gasteiger partial charge in [-0.05, 0) is 12.1 Å². The number of ether oxygens (including phenoxy) is 3. The number of guanidine groups is 1. The number of benzene rings is 1. The van der Waals surface area contributed by atoms with E-state index in [9.17, 15) is 0 Å². The average molecular weight is 279 g/mol. The molecule has 0 radical (unpaired) electrons. The Morgan fingerprint density at radius 1 is 1.15 bits per heavy atom. The Hall–Kier alpha value is -2.11. The highest BCUT2D eigenvalue weighted by atomic mass is 16.7. The molecule has 6 heteroatoms. The quantitative estimate of drug-likeness (QED) is 0.472. The molecular weight excluding hydrogens is 258 g/mol. The fourth-order valence-corrected chi connectivity index (χ4v) is 1.96. The van der Waals surface area contributed by atoms with Crippen molar-refractivity contribution in [1.29, 1.82) is 0 Å². The number of hydrogen-bond acceptors (Lipinski definition) is 4. The molecule has 0 saturated carbocycles. The van der Waals surface area contributed by atoms with E-state index in [0.717, 1.165) is 23.2 Å². The maximum absolute atomic E-state index is 5.66. The highest BCUT2D eigenvalue weighted by molar-refractivity contribution is 5.79. The summed E-state index contributed by atoms with van der Waals surface area (Å²) in [5.41, 5.74) is 0. The molecule has 1 aliphatic rings. The molecule has 1 aromatic rings. The van der Waals surface area contributed by atoms with Crippen LogP contribution in [-0.2, 0) is 0 Å². The van der Waals surface area contributed by atoms with Crippen molar-refractivity contribution >= 4 is 5.96 Å². The van der Waals surface area contributed by atoms with E-state index < -0.39 is 0 Å². The van der Waals surface area contributed by atoms with Crippen LogP contribution in [0.3, 0.4) is 0 Å². The number of fused-ring (bicyclic) bond motifs is 1. The molecule has 6 nitrogen and oxygen atoms in total. The average Bonchev–Trinajstić information content (AvgIpc) is 2.84. The Kier molecular flexibility index (Phi) is 4.55. The minimum absolute atomic E-state index is 0.276. The van der Waals surface area contributed by atoms with Crippen LogP contribution in [0.2, 0.25) is 0 Å². The molecule has 1 aromatic carbocycles. The molecule has 0 fully saturated rings. The van der Waals surface area contributed by atoms with E-state index in [1.54, 1.807) is 0 Å². The van der Waals surface area contributed by atoms with Gasteiger partial charge in [0.15, 0.2) is 17.5 Å². The summed E-state index contributed by atoms with van der Waals surface area (Å²) in [7, 11) is 7.88. The lowest BCUT2D eigenvalue weighted by molar-refractivity contribution is 0.174. The topological polar surface area (TPSA) is 46.5 Å². The predicted molar refractivity (Wildman–Crippen MR) is 77.7 cm³/mol. The molecule has 0 amide bonds. The minimum Gasteiger partial charge on any atom is -0.492 e. The van der Waals surface area contributed by atoms with Gasteiger partial charge in [0.25, 0.3) is 0 Å². The predicted octanol–water partition coefficient (Wildman–Crippen LogP) is 1.27. The smallest absolute Gasteiger partial charge is 0.231 e. The van der Waals surface area contributed by atoms with E-state index in [1.165, 1.54) is 0 Å². The van der Waals surface area contributed by atoms with E-state index in [0.29, 0.717) is 13.2 Å². The van der Waals surface area contributed by atoms with Gasteiger partial charge in [-0.2, -0.15) is 0 Å². The van der Waals surface area contributed by atoms with Gasteiger partial charge in [-0.1, -0.05) is 0 Å². The van der Waals surface area contributed by atoms with E-state index >= 15 is 0 Å². The Bertz CT molecular complexity index is 477. The summed E-state index contributed by atoms with van der Waals surface area (Å²) >= 11 is 0. The van der Waals surface area contributed by atoms with Crippen molar-refractivity contribution in [2.24, 2.45) is 4.99 Å². The SMILES string of the molecule is CN(C)C(=NCCOc1ccc2c(c1)OCO2)N(C)C. The summed E-state index contributed by atoms with van der Waals surface area (Å²) in [6.07, 6.45) is 0. The van der Waals surface area contributed by atoms with Gasteiger partial charge in [0, 0.05) is 34.3 Å².